The lowest BCUT2D eigenvalue weighted by Gasteiger charge is -2.40. The molecule has 1 aliphatic carbocycles. The monoisotopic (exact) mass is 436 g/mol. The molecule has 6 nitrogen and oxygen atoms in total. The number of allylic oxidation sites excluding steroid dienone is 2. The number of carbonyl (C=O) groups is 2. The van der Waals surface area contributed by atoms with Gasteiger partial charge in [-0.15, -0.1) is 0 Å². The SMILES string of the molecule is CCOC(=O)C1=C(N)N(c2ccc(OC)cc2)C2=C(C(=O)CCC2)[C@@H]1c1ccc(F)cc1. The fourth-order valence-electron chi connectivity index (χ4n) is 4.41. The molecule has 4 rings (SSSR count). The fourth-order valence-corrected chi connectivity index (χ4v) is 4.41. The van der Waals surface area contributed by atoms with Gasteiger partial charge < -0.3 is 15.2 Å². The van der Waals surface area contributed by atoms with Gasteiger partial charge in [0.25, 0.3) is 0 Å². The molecule has 32 heavy (non-hydrogen) atoms. The highest BCUT2D eigenvalue weighted by atomic mass is 19.1. The minimum absolute atomic E-state index is 0.0478. The van der Waals surface area contributed by atoms with Gasteiger partial charge in [0.2, 0.25) is 0 Å². The number of carbonyl (C=O) groups excluding carboxylic acids is 2. The lowest BCUT2D eigenvalue weighted by molar-refractivity contribution is -0.138. The molecule has 0 unspecified atom stereocenters. The number of nitrogens with zero attached hydrogens (tertiary/aromatic N) is 1. The summed E-state index contributed by atoms with van der Waals surface area (Å²) >= 11 is 0. The number of methoxy groups -OCH3 is 1. The van der Waals surface area contributed by atoms with Crippen molar-refractivity contribution < 1.29 is 23.5 Å². The van der Waals surface area contributed by atoms with E-state index >= 15 is 0 Å². The van der Waals surface area contributed by atoms with Crippen molar-refractivity contribution >= 4 is 17.4 Å². The summed E-state index contributed by atoms with van der Waals surface area (Å²) in [6.07, 6.45) is 1.69. The van der Waals surface area contributed by atoms with Crippen molar-refractivity contribution in [2.45, 2.75) is 32.1 Å². The van der Waals surface area contributed by atoms with Crippen molar-refractivity contribution in [2.24, 2.45) is 5.73 Å². The van der Waals surface area contributed by atoms with Crippen LogP contribution < -0.4 is 15.4 Å². The summed E-state index contributed by atoms with van der Waals surface area (Å²) in [7, 11) is 1.58. The van der Waals surface area contributed by atoms with Crippen molar-refractivity contribution in [1.82, 2.24) is 0 Å². The van der Waals surface area contributed by atoms with Gasteiger partial charge in [-0.3, -0.25) is 9.69 Å². The zero-order valence-corrected chi connectivity index (χ0v) is 18.1. The molecule has 1 heterocycles. The molecule has 166 valence electrons. The number of halogens is 1. The maximum absolute atomic E-state index is 13.6. The van der Waals surface area contributed by atoms with Gasteiger partial charge in [0, 0.05) is 23.4 Å². The molecule has 0 spiro atoms. The van der Waals surface area contributed by atoms with Crippen LogP contribution >= 0.6 is 0 Å². The third-order valence-corrected chi connectivity index (χ3v) is 5.82. The summed E-state index contributed by atoms with van der Waals surface area (Å²) in [5.41, 5.74) is 9.40. The van der Waals surface area contributed by atoms with Gasteiger partial charge in [0.15, 0.2) is 5.78 Å². The number of ether oxygens (including phenoxy) is 2. The normalized spacial score (nSPS) is 18.5. The Labute approximate surface area is 186 Å². The predicted molar refractivity (Wildman–Crippen MR) is 118 cm³/mol. The van der Waals surface area contributed by atoms with Crippen LogP contribution in [-0.2, 0) is 14.3 Å². The lowest BCUT2D eigenvalue weighted by Crippen LogP contribution is -2.41. The van der Waals surface area contributed by atoms with Crippen LogP contribution in [0.5, 0.6) is 5.75 Å². The number of rotatable bonds is 5. The first-order valence-electron chi connectivity index (χ1n) is 10.6. The Morgan fingerprint density at radius 1 is 1.12 bits per heavy atom. The van der Waals surface area contributed by atoms with Crippen LogP contribution in [0.15, 0.2) is 71.2 Å². The fraction of sp³-hybridized carbons (Fsp3) is 0.280. The summed E-state index contributed by atoms with van der Waals surface area (Å²) in [6, 6.07) is 13.1. The molecule has 0 aromatic heterocycles. The van der Waals surface area contributed by atoms with Crippen LogP contribution in [-0.4, -0.2) is 25.5 Å². The van der Waals surface area contributed by atoms with Crippen LogP contribution in [0.2, 0.25) is 0 Å². The third-order valence-electron chi connectivity index (χ3n) is 5.82. The summed E-state index contributed by atoms with van der Waals surface area (Å²) in [5, 5.41) is 0. The number of Topliss-reactive ketones (excluding diaryl/α,β-unsaturated/α-hetero) is 1. The molecular formula is C25H25FN2O4. The van der Waals surface area contributed by atoms with E-state index in [1.54, 1.807) is 43.2 Å². The Kier molecular flexibility index (Phi) is 5.99. The van der Waals surface area contributed by atoms with Gasteiger partial charge in [0.05, 0.1) is 25.2 Å². The molecule has 2 N–H and O–H groups in total. The average molecular weight is 436 g/mol. The Hall–Kier alpha value is -3.61. The molecule has 0 fully saturated rings. The van der Waals surface area contributed by atoms with Crippen LogP contribution in [0.3, 0.4) is 0 Å². The van der Waals surface area contributed by atoms with E-state index in [-0.39, 0.29) is 23.8 Å². The third kappa shape index (κ3) is 3.75. The van der Waals surface area contributed by atoms with E-state index in [1.807, 2.05) is 12.1 Å². The summed E-state index contributed by atoms with van der Waals surface area (Å²) in [6.45, 7) is 1.87. The highest BCUT2D eigenvalue weighted by Gasteiger charge is 2.43. The van der Waals surface area contributed by atoms with Crippen molar-refractivity contribution in [1.29, 1.82) is 0 Å². The summed E-state index contributed by atoms with van der Waals surface area (Å²) in [4.78, 5) is 28.1. The van der Waals surface area contributed by atoms with Crippen molar-refractivity contribution in [2.75, 3.05) is 18.6 Å². The first kappa shape index (κ1) is 21.6. The lowest BCUT2D eigenvalue weighted by atomic mass is 9.75. The van der Waals surface area contributed by atoms with E-state index in [2.05, 4.69) is 0 Å². The zero-order valence-electron chi connectivity index (χ0n) is 18.1. The number of esters is 1. The Morgan fingerprint density at radius 3 is 2.44 bits per heavy atom. The molecule has 0 amide bonds. The van der Waals surface area contributed by atoms with E-state index in [0.717, 1.165) is 5.70 Å². The number of nitrogens with two attached hydrogens (primary N) is 1. The first-order chi connectivity index (χ1) is 15.5. The maximum atomic E-state index is 13.6. The second kappa shape index (κ2) is 8.86. The average Bonchev–Trinajstić information content (AvgIpc) is 2.79. The number of benzene rings is 2. The van der Waals surface area contributed by atoms with Gasteiger partial charge in [-0.2, -0.15) is 0 Å². The molecule has 2 aromatic rings. The zero-order chi connectivity index (χ0) is 22.8. The minimum Gasteiger partial charge on any atom is -0.497 e. The first-order valence-corrected chi connectivity index (χ1v) is 10.6. The molecule has 0 saturated carbocycles. The van der Waals surface area contributed by atoms with E-state index in [9.17, 15) is 14.0 Å². The molecule has 2 aliphatic rings. The molecule has 1 atom stereocenters. The second-order valence-corrected chi connectivity index (χ2v) is 7.67. The smallest absolute Gasteiger partial charge is 0.338 e. The molecular weight excluding hydrogens is 411 g/mol. The Morgan fingerprint density at radius 2 is 1.81 bits per heavy atom. The Balaban J connectivity index is 1.96. The summed E-state index contributed by atoms with van der Waals surface area (Å²) in [5.74, 6) is -0.875. The standard InChI is InChI=1S/C25H25FN2O4/c1-3-32-25(30)23-21(15-7-9-16(26)10-8-15)22-19(5-4-6-20(22)29)28(24(23)27)17-11-13-18(31-2)14-12-17/h7-14,21H,3-6,27H2,1-2H3/t21-/m0/s1. The quantitative estimate of drug-likeness (QED) is 0.709. The van der Waals surface area contributed by atoms with Gasteiger partial charge in [-0.25, -0.2) is 9.18 Å². The topological polar surface area (TPSA) is 81.9 Å². The van der Waals surface area contributed by atoms with E-state index in [0.29, 0.717) is 41.8 Å². The number of ketones is 1. The molecule has 0 radical (unpaired) electrons. The van der Waals surface area contributed by atoms with Crippen LogP contribution in [0, 0.1) is 5.82 Å². The number of hydrogen-bond donors (Lipinski definition) is 1. The minimum atomic E-state index is -0.716. The highest BCUT2D eigenvalue weighted by Crippen LogP contribution is 2.46. The molecule has 1 aliphatic heterocycles. The maximum Gasteiger partial charge on any atom is 0.338 e. The number of hydrogen-bond acceptors (Lipinski definition) is 6. The van der Waals surface area contributed by atoms with E-state index < -0.39 is 17.7 Å². The Bertz CT molecular complexity index is 1100. The van der Waals surface area contributed by atoms with Crippen LogP contribution in [0.25, 0.3) is 0 Å². The second-order valence-electron chi connectivity index (χ2n) is 7.67. The van der Waals surface area contributed by atoms with E-state index in [4.69, 9.17) is 15.2 Å². The van der Waals surface area contributed by atoms with Crippen LogP contribution in [0.1, 0.15) is 37.7 Å². The van der Waals surface area contributed by atoms with Crippen molar-refractivity contribution in [3.8, 4) is 5.75 Å². The van der Waals surface area contributed by atoms with Gasteiger partial charge in [-0.1, -0.05) is 12.1 Å². The van der Waals surface area contributed by atoms with Crippen molar-refractivity contribution in [3.05, 3.63) is 82.6 Å². The molecule has 2 aromatic carbocycles. The van der Waals surface area contributed by atoms with Gasteiger partial charge in [-0.05, 0) is 61.7 Å². The number of anilines is 1. The molecule has 7 heteroatoms. The van der Waals surface area contributed by atoms with Gasteiger partial charge in [0.1, 0.15) is 17.4 Å². The van der Waals surface area contributed by atoms with Crippen LogP contribution in [0.4, 0.5) is 10.1 Å². The van der Waals surface area contributed by atoms with E-state index in [1.165, 1.54) is 12.1 Å². The highest BCUT2D eigenvalue weighted by molar-refractivity contribution is 6.05. The van der Waals surface area contributed by atoms with Crippen molar-refractivity contribution in [3.63, 3.8) is 0 Å². The van der Waals surface area contributed by atoms with Gasteiger partial charge >= 0.3 is 5.97 Å². The molecule has 0 bridgehead atoms. The summed E-state index contributed by atoms with van der Waals surface area (Å²) < 4.78 is 24.2. The predicted octanol–water partition coefficient (Wildman–Crippen LogP) is 4.18. The largest absolute Gasteiger partial charge is 0.497 e. The molecule has 0 saturated heterocycles.